The lowest BCUT2D eigenvalue weighted by Crippen LogP contribution is -2.28. The lowest BCUT2D eigenvalue weighted by molar-refractivity contribution is 0.218. The van der Waals surface area contributed by atoms with Crippen molar-refractivity contribution < 1.29 is 9.26 Å². The molecule has 0 unspecified atom stereocenters. The van der Waals surface area contributed by atoms with E-state index in [2.05, 4.69) is 54.7 Å². The number of ether oxygens (including phenoxy) is 1. The molecule has 0 radical (unpaired) electrons. The minimum atomic E-state index is 0.428. The van der Waals surface area contributed by atoms with E-state index in [0.717, 1.165) is 36.8 Å². The Labute approximate surface area is 181 Å². The summed E-state index contributed by atoms with van der Waals surface area (Å²) in [6.45, 7) is 9.96. The van der Waals surface area contributed by atoms with Gasteiger partial charge >= 0.3 is 0 Å². The first-order chi connectivity index (χ1) is 15.1. The lowest BCUT2D eigenvalue weighted by atomic mass is 10.3. The van der Waals surface area contributed by atoms with E-state index >= 15 is 0 Å². The maximum Gasteiger partial charge on any atom is 0.228 e. The number of nitrogens with one attached hydrogen (secondary N) is 3. The van der Waals surface area contributed by atoms with E-state index in [9.17, 15) is 0 Å². The summed E-state index contributed by atoms with van der Waals surface area (Å²) in [6, 6.07) is 5.70. The minimum Gasteiger partial charge on any atom is -0.476 e. The molecule has 3 heterocycles. The number of anilines is 3. The van der Waals surface area contributed by atoms with Crippen LogP contribution in [0.4, 0.5) is 17.6 Å². The summed E-state index contributed by atoms with van der Waals surface area (Å²) in [5.41, 5.74) is 1.99. The number of rotatable bonds is 12. The molecular formula is C21H30N8O2. The number of hydrogen-bond acceptors (Lipinski definition) is 9. The van der Waals surface area contributed by atoms with Gasteiger partial charge in [0.2, 0.25) is 11.8 Å². The zero-order chi connectivity index (χ0) is 21.6. The molecule has 0 aromatic carbocycles. The highest BCUT2D eigenvalue weighted by molar-refractivity contribution is 5.55. The third-order valence-electron chi connectivity index (χ3n) is 5.22. The number of nitrogens with zero attached hydrogens (tertiary/aromatic N) is 5. The van der Waals surface area contributed by atoms with E-state index in [4.69, 9.17) is 9.26 Å². The first kappa shape index (κ1) is 21.1. The van der Waals surface area contributed by atoms with Gasteiger partial charge in [-0.15, -0.1) is 0 Å². The molecule has 0 aliphatic heterocycles. The fourth-order valence-electron chi connectivity index (χ4n) is 3.26. The Balaban J connectivity index is 1.45. The Kier molecular flexibility index (Phi) is 6.66. The summed E-state index contributed by atoms with van der Waals surface area (Å²) in [4.78, 5) is 11.4. The zero-order valence-corrected chi connectivity index (χ0v) is 18.3. The topological polar surface area (TPSA) is 117 Å². The average molecular weight is 427 g/mol. The zero-order valence-electron chi connectivity index (χ0n) is 18.3. The van der Waals surface area contributed by atoms with Gasteiger partial charge in [0.05, 0.1) is 12.2 Å². The van der Waals surface area contributed by atoms with Gasteiger partial charge in [0.1, 0.15) is 12.4 Å². The third kappa shape index (κ3) is 5.94. The number of aromatic nitrogens is 5. The van der Waals surface area contributed by atoms with Crippen LogP contribution in [-0.4, -0.2) is 56.5 Å². The molecule has 10 nitrogen and oxygen atoms in total. The van der Waals surface area contributed by atoms with Crippen molar-refractivity contribution in [1.29, 1.82) is 0 Å². The SMILES string of the molecule is CCN(CC)CCOc1cc(Nc2cc(C3CC3)[nH]n2)nc(NCc2cc(C)no2)n1. The summed E-state index contributed by atoms with van der Waals surface area (Å²) in [5.74, 6) is 3.60. The number of likely N-dealkylation sites (N-methyl/N-ethyl adjacent to an activating group) is 1. The molecule has 0 bridgehead atoms. The molecule has 3 aromatic heterocycles. The van der Waals surface area contributed by atoms with Gasteiger partial charge in [-0.25, -0.2) is 0 Å². The van der Waals surface area contributed by atoms with Gasteiger partial charge in [-0.3, -0.25) is 5.10 Å². The quantitative estimate of drug-likeness (QED) is 0.400. The van der Waals surface area contributed by atoms with Gasteiger partial charge in [-0.2, -0.15) is 15.1 Å². The second-order valence-electron chi connectivity index (χ2n) is 7.69. The highest BCUT2D eigenvalue weighted by Crippen LogP contribution is 2.39. The summed E-state index contributed by atoms with van der Waals surface area (Å²) >= 11 is 0. The maximum atomic E-state index is 5.93. The van der Waals surface area contributed by atoms with E-state index in [1.54, 1.807) is 6.07 Å². The second kappa shape index (κ2) is 9.78. The van der Waals surface area contributed by atoms with Crippen molar-refractivity contribution in [2.45, 2.75) is 46.1 Å². The fourth-order valence-corrected chi connectivity index (χ4v) is 3.26. The summed E-state index contributed by atoms with van der Waals surface area (Å²) in [7, 11) is 0. The van der Waals surface area contributed by atoms with Crippen LogP contribution >= 0.6 is 0 Å². The Bertz CT molecular complexity index is 977. The van der Waals surface area contributed by atoms with E-state index < -0.39 is 0 Å². The fraction of sp³-hybridized carbons (Fsp3) is 0.524. The Morgan fingerprint density at radius 3 is 2.71 bits per heavy atom. The van der Waals surface area contributed by atoms with Crippen LogP contribution in [0.15, 0.2) is 22.7 Å². The highest BCUT2D eigenvalue weighted by atomic mass is 16.5. The first-order valence-electron chi connectivity index (χ1n) is 10.9. The van der Waals surface area contributed by atoms with E-state index in [1.807, 2.05) is 19.1 Å². The predicted molar refractivity (Wildman–Crippen MR) is 118 cm³/mol. The molecule has 0 amide bonds. The average Bonchev–Trinajstić information content (AvgIpc) is 3.38. The molecule has 1 aliphatic rings. The van der Waals surface area contributed by atoms with Crippen molar-refractivity contribution in [1.82, 2.24) is 30.2 Å². The van der Waals surface area contributed by atoms with Gasteiger partial charge in [-0.1, -0.05) is 19.0 Å². The molecule has 31 heavy (non-hydrogen) atoms. The molecule has 0 spiro atoms. The van der Waals surface area contributed by atoms with Gasteiger partial charge in [0, 0.05) is 36.4 Å². The largest absolute Gasteiger partial charge is 0.476 e. The van der Waals surface area contributed by atoms with Crippen LogP contribution in [0.1, 0.15) is 49.8 Å². The van der Waals surface area contributed by atoms with Crippen LogP contribution in [-0.2, 0) is 6.54 Å². The smallest absolute Gasteiger partial charge is 0.228 e. The van der Waals surface area contributed by atoms with Crippen molar-refractivity contribution >= 4 is 17.6 Å². The molecule has 10 heteroatoms. The monoisotopic (exact) mass is 426 g/mol. The van der Waals surface area contributed by atoms with Crippen molar-refractivity contribution in [2.75, 3.05) is 36.9 Å². The van der Waals surface area contributed by atoms with Crippen LogP contribution in [0.5, 0.6) is 5.88 Å². The number of aryl methyl sites for hydroxylation is 1. The molecular weight excluding hydrogens is 396 g/mol. The Morgan fingerprint density at radius 1 is 1.16 bits per heavy atom. The van der Waals surface area contributed by atoms with Gasteiger partial charge in [-0.05, 0) is 32.9 Å². The van der Waals surface area contributed by atoms with E-state index in [1.165, 1.54) is 12.8 Å². The molecule has 1 aliphatic carbocycles. The van der Waals surface area contributed by atoms with E-state index in [0.29, 0.717) is 42.5 Å². The second-order valence-corrected chi connectivity index (χ2v) is 7.69. The van der Waals surface area contributed by atoms with Crippen LogP contribution in [0.25, 0.3) is 0 Å². The Morgan fingerprint density at radius 2 is 2.00 bits per heavy atom. The maximum absolute atomic E-state index is 5.93. The predicted octanol–water partition coefficient (Wildman–Crippen LogP) is 3.45. The van der Waals surface area contributed by atoms with Crippen LogP contribution < -0.4 is 15.4 Å². The minimum absolute atomic E-state index is 0.428. The van der Waals surface area contributed by atoms with Crippen LogP contribution in [0.3, 0.4) is 0 Å². The molecule has 3 aromatic rings. The number of H-pyrrole nitrogens is 1. The lowest BCUT2D eigenvalue weighted by Gasteiger charge is -2.18. The molecule has 1 fully saturated rings. The van der Waals surface area contributed by atoms with Crippen LogP contribution in [0, 0.1) is 6.92 Å². The molecule has 0 saturated heterocycles. The number of aromatic amines is 1. The number of hydrogen-bond donors (Lipinski definition) is 3. The Hall–Kier alpha value is -3.14. The summed E-state index contributed by atoms with van der Waals surface area (Å²) < 4.78 is 11.2. The van der Waals surface area contributed by atoms with Gasteiger partial charge < -0.3 is 24.8 Å². The highest BCUT2D eigenvalue weighted by Gasteiger charge is 2.25. The third-order valence-corrected chi connectivity index (χ3v) is 5.22. The van der Waals surface area contributed by atoms with Crippen molar-refractivity contribution in [3.05, 3.63) is 35.3 Å². The molecule has 4 rings (SSSR count). The van der Waals surface area contributed by atoms with Crippen LogP contribution in [0.2, 0.25) is 0 Å². The molecule has 3 N–H and O–H groups in total. The first-order valence-corrected chi connectivity index (χ1v) is 10.9. The van der Waals surface area contributed by atoms with Crippen molar-refractivity contribution in [3.63, 3.8) is 0 Å². The van der Waals surface area contributed by atoms with E-state index in [-0.39, 0.29) is 0 Å². The van der Waals surface area contributed by atoms with Crippen molar-refractivity contribution in [2.24, 2.45) is 0 Å². The standard InChI is InChI=1S/C21H30N8O2/c1-4-29(5-2)8-9-30-20-12-18(23-19-11-17(26-27-19)15-6-7-15)24-21(25-20)22-13-16-10-14(3)28-31-16/h10-12,15H,4-9,13H2,1-3H3,(H3,22,23,24,25,26,27). The molecule has 0 atom stereocenters. The molecule has 1 saturated carbocycles. The van der Waals surface area contributed by atoms with Gasteiger partial charge in [0.25, 0.3) is 0 Å². The summed E-state index contributed by atoms with van der Waals surface area (Å²) in [6.07, 6.45) is 2.43. The summed E-state index contributed by atoms with van der Waals surface area (Å²) in [5, 5.41) is 17.8. The van der Waals surface area contributed by atoms with Crippen molar-refractivity contribution in [3.8, 4) is 5.88 Å². The van der Waals surface area contributed by atoms with Gasteiger partial charge in [0.15, 0.2) is 11.6 Å². The normalized spacial score (nSPS) is 13.5. The molecule has 166 valence electrons.